The number of rotatable bonds is 5. The fourth-order valence-corrected chi connectivity index (χ4v) is 1.77. The maximum absolute atomic E-state index is 2.41. The third-order valence-corrected chi connectivity index (χ3v) is 2.54. The van der Waals surface area contributed by atoms with Crippen molar-refractivity contribution in [1.29, 1.82) is 0 Å². The van der Waals surface area contributed by atoms with Gasteiger partial charge in [-0.05, 0) is 25.2 Å². The maximum atomic E-state index is 2.41. The molecule has 0 aliphatic heterocycles. The Morgan fingerprint density at radius 1 is 1.27 bits per heavy atom. The van der Waals surface area contributed by atoms with E-state index in [0.717, 1.165) is 5.92 Å². The fourth-order valence-electron chi connectivity index (χ4n) is 1.77. The molecule has 0 N–H and O–H groups in total. The molecule has 0 heteroatoms. The Kier molecular flexibility index (Phi) is 4.33. The zero-order valence-corrected chi connectivity index (χ0v) is 7.68. The van der Waals surface area contributed by atoms with Crippen molar-refractivity contribution >= 4 is 0 Å². The molecule has 0 aromatic heterocycles. The van der Waals surface area contributed by atoms with E-state index in [9.17, 15) is 0 Å². The Labute approximate surface area is 70.7 Å². The van der Waals surface area contributed by atoms with Gasteiger partial charge in [-0.25, -0.2) is 0 Å². The molecule has 64 valence electrons. The smallest absolute Gasteiger partial charge is 0.0231 e. The van der Waals surface area contributed by atoms with Gasteiger partial charge in [0.15, 0.2) is 0 Å². The summed E-state index contributed by atoms with van der Waals surface area (Å²) >= 11 is 0. The van der Waals surface area contributed by atoms with Crippen LogP contribution in [0.5, 0.6) is 0 Å². The minimum Gasteiger partial charge on any atom is -0.0882 e. The quantitative estimate of drug-likeness (QED) is 0.413. The number of hydrogen-bond donors (Lipinski definition) is 0. The van der Waals surface area contributed by atoms with Crippen molar-refractivity contribution in [3.63, 3.8) is 0 Å². The lowest BCUT2D eigenvalue weighted by Gasteiger charge is -2.05. The van der Waals surface area contributed by atoms with Crippen molar-refractivity contribution < 1.29 is 0 Å². The van der Waals surface area contributed by atoms with Crippen molar-refractivity contribution in [2.24, 2.45) is 5.92 Å². The molecule has 1 aliphatic carbocycles. The van der Waals surface area contributed by atoms with Gasteiger partial charge in [-0.15, -0.1) is 0 Å². The molecule has 0 aromatic carbocycles. The molecular weight excluding hydrogens is 132 g/mol. The summed E-state index contributed by atoms with van der Waals surface area (Å²) in [5.74, 6) is 0.937. The molecule has 1 atom stereocenters. The second-order valence-corrected chi connectivity index (χ2v) is 3.61. The van der Waals surface area contributed by atoms with E-state index in [1.165, 1.54) is 44.9 Å². The minimum atomic E-state index is 0.937. The summed E-state index contributed by atoms with van der Waals surface area (Å²) in [6, 6.07) is 0. The lowest BCUT2D eigenvalue weighted by atomic mass is 10.0. The topological polar surface area (TPSA) is 0 Å². The van der Waals surface area contributed by atoms with Crippen molar-refractivity contribution in [2.45, 2.75) is 51.9 Å². The van der Waals surface area contributed by atoms with E-state index in [4.69, 9.17) is 0 Å². The zero-order valence-electron chi connectivity index (χ0n) is 7.68. The highest BCUT2D eigenvalue weighted by Gasteiger charge is 2.07. The van der Waals surface area contributed by atoms with E-state index in [0.29, 0.717) is 0 Å². The van der Waals surface area contributed by atoms with Gasteiger partial charge in [0, 0.05) is 0 Å². The minimum absolute atomic E-state index is 0.937. The van der Waals surface area contributed by atoms with E-state index in [2.05, 4.69) is 19.1 Å². The number of allylic oxidation sites excluding steroid dienone is 2. The molecule has 11 heavy (non-hydrogen) atoms. The first-order valence-electron chi connectivity index (χ1n) is 5.10. The lowest BCUT2D eigenvalue weighted by molar-refractivity contribution is 0.523. The van der Waals surface area contributed by atoms with Gasteiger partial charge in [-0.2, -0.15) is 0 Å². The molecule has 0 saturated heterocycles. The van der Waals surface area contributed by atoms with Crippen LogP contribution in [0, 0.1) is 5.92 Å². The monoisotopic (exact) mass is 152 g/mol. The third-order valence-electron chi connectivity index (χ3n) is 2.54. The van der Waals surface area contributed by atoms with Crippen LogP contribution in [0.2, 0.25) is 0 Å². The predicted octanol–water partition coefficient (Wildman–Crippen LogP) is 3.92. The van der Waals surface area contributed by atoms with Gasteiger partial charge in [0.2, 0.25) is 0 Å². The molecule has 0 radical (unpaired) electrons. The molecule has 0 heterocycles. The first-order valence-corrected chi connectivity index (χ1v) is 5.10. The highest BCUT2D eigenvalue weighted by molar-refractivity contribution is 4.95. The maximum Gasteiger partial charge on any atom is -0.0231 e. The normalized spacial score (nSPS) is 22.8. The number of hydrogen-bond acceptors (Lipinski definition) is 0. The SMILES string of the molecule is CCCCCC[C@@H]1C=CCC1. The van der Waals surface area contributed by atoms with Crippen LogP contribution in [0.4, 0.5) is 0 Å². The van der Waals surface area contributed by atoms with E-state index >= 15 is 0 Å². The molecule has 0 amide bonds. The van der Waals surface area contributed by atoms with Crippen LogP contribution in [0.1, 0.15) is 51.9 Å². The van der Waals surface area contributed by atoms with Crippen LogP contribution < -0.4 is 0 Å². The Bertz CT molecular complexity index is 113. The van der Waals surface area contributed by atoms with Gasteiger partial charge in [0.25, 0.3) is 0 Å². The van der Waals surface area contributed by atoms with Gasteiger partial charge in [-0.1, -0.05) is 44.8 Å². The van der Waals surface area contributed by atoms with Gasteiger partial charge < -0.3 is 0 Å². The molecular formula is C11H20. The fraction of sp³-hybridized carbons (Fsp3) is 0.818. The van der Waals surface area contributed by atoms with Crippen molar-refractivity contribution in [1.82, 2.24) is 0 Å². The second-order valence-electron chi connectivity index (χ2n) is 3.61. The molecule has 0 fully saturated rings. The van der Waals surface area contributed by atoms with Gasteiger partial charge >= 0.3 is 0 Å². The molecule has 1 rings (SSSR count). The molecule has 1 aliphatic rings. The molecule has 0 saturated carbocycles. The summed E-state index contributed by atoms with van der Waals surface area (Å²) in [6.45, 7) is 2.27. The first kappa shape index (κ1) is 8.83. The summed E-state index contributed by atoms with van der Waals surface area (Å²) in [6.07, 6.45) is 14.6. The largest absolute Gasteiger partial charge is 0.0882 e. The van der Waals surface area contributed by atoms with E-state index in [1.54, 1.807) is 0 Å². The van der Waals surface area contributed by atoms with E-state index < -0.39 is 0 Å². The Balaban J connectivity index is 1.90. The Morgan fingerprint density at radius 3 is 2.82 bits per heavy atom. The van der Waals surface area contributed by atoms with Crippen LogP contribution in [-0.4, -0.2) is 0 Å². The van der Waals surface area contributed by atoms with E-state index in [-0.39, 0.29) is 0 Å². The van der Waals surface area contributed by atoms with Gasteiger partial charge in [-0.3, -0.25) is 0 Å². The molecule has 0 aromatic rings. The van der Waals surface area contributed by atoms with E-state index in [1.807, 2.05) is 0 Å². The van der Waals surface area contributed by atoms with Crippen LogP contribution in [-0.2, 0) is 0 Å². The summed E-state index contributed by atoms with van der Waals surface area (Å²) < 4.78 is 0. The second kappa shape index (κ2) is 5.40. The molecule has 0 spiro atoms. The van der Waals surface area contributed by atoms with Crippen molar-refractivity contribution in [3.8, 4) is 0 Å². The number of unbranched alkanes of at least 4 members (excludes halogenated alkanes) is 3. The summed E-state index contributed by atoms with van der Waals surface area (Å²) in [7, 11) is 0. The third kappa shape index (κ3) is 3.60. The summed E-state index contributed by atoms with van der Waals surface area (Å²) in [5, 5.41) is 0. The lowest BCUT2D eigenvalue weighted by Crippen LogP contribution is -1.90. The average molecular weight is 152 g/mol. The van der Waals surface area contributed by atoms with Crippen LogP contribution >= 0.6 is 0 Å². The van der Waals surface area contributed by atoms with Crippen LogP contribution in [0.25, 0.3) is 0 Å². The predicted molar refractivity (Wildman–Crippen MR) is 50.6 cm³/mol. The standard InChI is InChI=1S/C11H20/c1-2-3-4-5-8-11-9-6-7-10-11/h6,9,11H,2-5,7-8,10H2,1H3/t11-/m1/s1. The average Bonchev–Trinajstić information content (AvgIpc) is 2.50. The van der Waals surface area contributed by atoms with Crippen LogP contribution in [0.3, 0.4) is 0 Å². The Morgan fingerprint density at radius 2 is 2.18 bits per heavy atom. The molecule has 0 unspecified atom stereocenters. The van der Waals surface area contributed by atoms with Gasteiger partial charge in [0.05, 0.1) is 0 Å². The Hall–Kier alpha value is -0.260. The first-order chi connectivity index (χ1) is 5.43. The van der Waals surface area contributed by atoms with Crippen molar-refractivity contribution in [3.05, 3.63) is 12.2 Å². The van der Waals surface area contributed by atoms with Crippen LogP contribution in [0.15, 0.2) is 12.2 Å². The molecule has 0 bridgehead atoms. The molecule has 0 nitrogen and oxygen atoms in total. The highest BCUT2D eigenvalue weighted by atomic mass is 14.1. The van der Waals surface area contributed by atoms with Crippen molar-refractivity contribution in [2.75, 3.05) is 0 Å². The summed E-state index contributed by atoms with van der Waals surface area (Å²) in [5.41, 5.74) is 0. The highest BCUT2D eigenvalue weighted by Crippen LogP contribution is 2.22. The van der Waals surface area contributed by atoms with Gasteiger partial charge in [0.1, 0.15) is 0 Å². The zero-order chi connectivity index (χ0) is 7.94. The summed E-state index contributed by atoms with van der Waals surface area (Å²) in [4.78, 5) is 0.